The van der Waals surface area contributed by atoms with Crippen LogP contribution in [0, 0.1) is 5.92 Å². The highest BCUT2D eigenvalue weighted by Crippen LogP contribution is 2.28. The average Bonchev–Trinajstić information content (AvgIpc) is 3.48. The summed E-state index contributed by atoms with van der Waals surface area (Å²) in [7, 11) is 0. The number of fused-ring (bicyclic) bond motifs is 1. The van der Waals surface area contributed by atoms with Crippen LogP contribution < -0.4 is 5.32 Å². The minimum Gasteiger partial charge on any atom is -0.314 e. The van der Waals surface area contributed by atoms with E-state index in [0.717, 1.165) is 33.9 Å². The van der Waals surface area contributed by atoms with Gasteiger partial charge in [-0.1, -0.05) is 92.3 Å². The lowest BCUT2D eigenvalue weighted by Gasteiger charge is -2.09. The molecule has 0 aliphatic carbocycles. The average molecular weight is 513 g/mol. The molecule has 0 saturated heterocycles. The molecule has 2 aromatic heterocycles. The number of thioether (sulfide) groups is 1. The number of para-hydroxylation sites is 2. The molecular formula is C29H28N4OS2. The first-order valence-electron chi connectivity index (χ1n) is 12.0. The number of carbonyl (C=O) groups is 1. The second-order valence-corrected chi connectivity index (χ2v) is 10.9. The third-order valence-corrected chi connectivity index (χ3v) is 7.51. The van der Waals surface area contributed by atoms with Crippen LogP contribution in [0.15, 0.2) is 89.4 Å². The zero-order valence-electron chi connectivity index (χ0n) is 20.3. The molecule has 1 amide bonds. The van der Waals surface area contributed by atoms with Crippen LogP contribution in [0.1, 0.15) is 25.0 Å². The number of carbonyl (C=O) groups excluding carboxylic acids is 1. The van der Waals surface area contributed by atoms with Crippen molar-refractivity contribution in [3.8, 4) is 11.3 Å². The summed E-state index contributed by atoms with van der Waals surface area (Å²) < 4.78 is 2.17. The van der Waals surface area contributed by atoms with Crippen molar-refractivity contribution in [1.82, 2.24) is 14.5 Å². The molecule has 0 bridgehead atoms. The molecule has 2 heterocycles. The SMILES string of the molecule is CC(C)Cc1ccc(-c2csc(NC(=O)CSc3nc4ccccc4n3Cc3ccccc3)n2)cc1. The molecule has 3 aromatic carbocycles. The number of anilines is 1. The lowest BCUT2D eigenvalue weighted by molar-refractivity contribution is -0.113. The van der Waals surface area contributed by atoms with Gasteiger partial charge in [-0.2, -0.15) is 0 Å². The summed E-state index contributed by atoms with van der Waals surface area (Å²) in [6.07, 6.45) is 1.06. The normalized spacial score (nSPS) is 11.3. The summed E-state index contributed by atoms with van der Waals surface area (Å²) in [6, 6.07) is 26.9. The number of rotatable bonds is 9. The van der Waals surface area contributed by atoms with Crippen molar-refractivity contribution in [2.24, 2.45) is 5.92 Å². The maximum Gasteiger partial charge on any atom is 0.236 e. The molecule has 5 rings (SSSR count). The van der Waals surface area contributed by atoms with Gasteiger partial charge in [0, 0.05) is 10.9 Å². The van der Waals surface area contributed by atoms with Gasteiger partial charge >= 0.3 is 0 Å². The van der Waals surface area contributed by atoms with Gasteiger partial charge in [-0.25, -0.2) is 9.97 Å². The van der Waals surface area contributed by atoms with E-state index in [1.54, 1.807) is 0 Å². The van der Waals surface area contributed by atoms with Crippen LogP contribution in [0.2, 0.25) is 0 Å². The van der Waals surface area contributed by atoms with Crippen molar-refractivity contribution in [2.45, 2.75) is 32.0 Å². The van der Waals surface area contributed by atoms with Crippen LogP contribution in [0.4, 0.5) is 5.13 Å². The number of nitrogens with zero attached hydrogens (tertiary/aromatic N) is 3. The Bertz CT molecular complexity index is 1460. The molecule has 0 atom stereocenters. The van der Waals surface area contributed by atoms with E-state index in [2.05, 4.69) is 71.2 Å². The Morgan fingerprint density at radius 3 is 2.47 bits per heavy atom. The fraction of sp³-hybridized carbons (Fsp3) is 0.207. The van der Waals surface area contributed by atoms with E-state index >= 15 is 0 Å². The quantitative estimate of drug-likeness (QED) is 0.213. The van der Waals surface area contributed by atoms with Crippen LogP contribution in [0.5, 0.6) is 0 Å². The summed E-state index contributed by atoms with van der Waals surface area (Å²) >= 11 is 2.89. The molecule has 0 fully saturated rings. The summed E-state index contributed by atoms with van der Waals surface area (Å²) in [4.78, 5) is 22.2. The first-order valence-corrected chi connectivity index (χ1v) is 13.9. The summed E-state index contributed by atoms with van der Waals surface area (Å²) in [5, 5.41) is 6.38. The van der Waals surface area contributed by atoms with Crippen LogP contribution >= 0.6 is 23.1 Å². The Morgan fingerprint density at radius 1 is 0.944 bits per heavy atom. The van der Waals surface area contributed by atoms with Crippen molar-refractivity contribution in [2.75, 3.05) is 11.1 Å². The predicted octanol–water partition coefficient (Wildman–Crippen LogP) is 7.14. The van der Waals surface area contributed by atoms with E-state index in [0.29, 0.717) is 17.6 Å². The molecule has 36 heavy (non-hydrogen) atoms. The lowest BCUT2D eigenvalue weighted by atomic mass is 10.0. The lowest BCUT2D eigenvalue weighted by Crippen LogP contribution is -2.14. The van der Waals surface area contributed by atoms with Crippen molar-refractivity contribution in [1.29, 1.82) is 0 Å². The Morgan fingerprint density at radius 2 is 1.69 bits per heavy atom. The fourth-order valence-electron chi connectivity index (χ4n) is 4.11. The monoisotopic (exact) mass is 512 g/mol. The molecule has 0 aliphatic rings. The molecule has 0 aliphatic heterocycles. The fourth-order valence-corrected chi connectivity index (χ4v) is 5.66. The van der Waals surface area contributed by atoms with Crippen LogP contribution in [0.25, 0.3) is 22.3 Å². The highest BCUT2D eigenvalue weighted by Gasteiger charge is 2.15. The molecule has 5 aromatic rings. The summed E-state index contributed by atoms with van der Waals surface area (Å²) in [5.41, 5.74) is 6.45. The maximum absolute atomic E-state index is 12.8. The first kappa shape index (κ1) is 24.3. The minimum atomic E-state index is -0.0912. The van der Waals surface area contributed by atoms with E-state index < -0.39 is 0 Å². The Kier molecular flexibility index (Phi) is 7.49. The van der Waals surface area contributed by atoms with E-state index in [1.807, 2.05) is 41.8 Å². The molecule has 0 radical (unpaired) electrons. The number of imidazole rings is 1. The Hall–Kier alpha value is -3.42. The van der Waals surface area contributed by atoms with Crippen molar-refractivity contribution in [3.63, 3.8) is 0 Å². The Labute approximate surface area is 219 Å². The largest absolute Gasteiger partial charge is 0.314 e. The van der Waals surface area contributed by atoms with Crippen molar-refractivity contribution < 1.29 is 4.79 Å². The van der Waals surface area contributed by atoms with Gasteiger partial charge in [0.1, 0.15) is 0 Å². The minimum absolute atomic E-state index is 0.0912. The highest BCUT2D eigenvalue weighted by molar-refractivity contribution is 7.99. The molecule has 7 heteroatoms. The molecule has 0 unspecified atom stereocenters. The zero-order valence-corrected chi connectivity index (χ0v) is 22.0. The van der Waals surface area contributed by atoms with Gasteiger partial charge in [0.2, 0.25) is 5.91 Å². The van der Waals surface area contributed by atoms with E-state index in [4.69, 9.17) is 4.98 Å². The number of hydrogen-bond donors (Lipinski definition) is 1. The van der Waals surface area contributed by atoms with Gasteiger partial charge in [-0.3, -0.25) is 4.79 Å². The summed E-state index contributed by atoms with van der Waals surface area (Å²) in [5.74, 6) is 0.799. The molecular weight excluding hydrogens is 484 g/mol. The number of thiazole rings is 1. The topological polar surface area (TPSA) is 59.8 Å². The number of nitrogens with one attached hydrogen (secondary N) is 1. The van der Waals surface area contributed by atoms with Gasteiger partial charge in [0.05, 0.1) is 29.0 Å². The van der Waals surface area contributed by atoms with Crippen molar-refractivity contribution in [3.05, 3.63) is 95.4 Å². The highest BCUT2D eigenvalue weighted by atomic mass is 32.2. The second kappa shape index (κ2) is 11.1. The number of aromatic nitrogens is 3. The molecule has 5 nitrogen and oxygen atoms in total. The maximum atomic E-state index is 12.8. The van der Waals surface area contributed by atoms with Gasteiger partial charge in [0.15, 0.2) is 10.3 Å². The zero-order chi connectivity index (χ0) is 24.9. The van der Waals surface area contributed by atoms with Gasteiger partial charge in [-0.15, -0.1) is 11.3 Å². The van der Waals surface area contributed by atoms with Crippen LogP contribution in [-0.2, 0) is 17.8 Å². The summed E-state index contributed by atoms with van der Waals surface area (Å²) in [6.45, 7) is 5.15. The second-order valence-electron chi connectivity index (χ2n) is 9.12. The molecule has 182 valence electrons. The molecule has 1 N–H and O–H groups in total. The van der Waals surface area contributed by atoms with E-state index in [-0.39, 0.29) is 11.7 Å². The van der Waals surface area contributed by atoms with Crippen LogP contribution in [-0.4, -0.2) is 26.2 Å². The standard InChI is InChI=1S/C29H28N4OS2/c1-20(2)16-21-12-14-23(15-13-21)25-18-35-28(30-25)32-27(34)19-36-29-31-24-10-6-7-11-26(24)33(29)17-22-8-4-3-5-9-22/h3-15,18,20H,16-17,19H2,1-2H3,(H,30,32,34). The molecule has 0 saturated carbocycles. The van der Waals surface area contributed by atoms with Gasteiger partial charge in [0.25, 0.3) is 0 Å². The number of amides is 1. The number of benzene rings is 3. The smallest absolute Gasteiger partial charge is 0.236 e. The third kappa shape index (κ3) is 5.86. The van der Waals surface area contributed by atoms with Crippen LogP contribution in [0.3, 0.4) is 0 Å². The van der Waals surface area contributed by atoms with E-state index in [9.17, 15) is 4.79 Å². The predicted molar refractivity (Wildman–Crippen MR) is 151 cm³/mol. The van der Waals surface area contributed by atoms with Gasteiger partial charge in [-0.05, 0) is 35.6 Å². The molecule has 0 spiro atoms. The van der Waals surface area contributed by atoms with Gasteiger partial charge < -0.3 is 9.88 Å². The first-order chi connectivity index (χ1) is 17.5. The third-order valence-electron chi connectivity index (χ3n) is 5.78. The van der Waals surface area contributed by atoms with Crippen molar-refractivity contribution >= 4 is 45.2 Å². The van der Waals surface area contributed by atoms with E-state index in [1.165, 1.54) is 34.2 Å². The number of hydrogen-bond acceptors (Lipinski definition) is 5. The Balaban J connectivity index is 1.24.